The summed E-state index contributed by atoms with van der Waals surface area (Å²) in [4.78, 5) is 0. The lowest BCUT2D eigenvalue weighted by Crippen LogP contribution is -2.15. The number of hydrogen-bond donors (Lipinski definition) is 1. The molecule has 1 aromatic rings. The molecule has 0 atom stereocenters. The zero-order chi connectivity index (χ0) is 10.6. The fourth-order valence-electron chi connectivity index (χ4n) is 1.19. The van der Waals surface area contributed by atoms with E-state index in [9.17, 15) is 0 Å². The van der Waals surface area contributed by atoms with Gasteiger partial charge >= 0.3 is 0 Å². The van der Waals surface area contributed by atoms with Crippen LogP contribution in [-0.2, 0) is 6.54 Å². The first-order valence-corrected chi connectivity index (χ1v) is 5.14. The van der Waals surface area contributed by atoms with Crippen molar-refractivity contribution in [3.05, 3.63) is 46.0 Å². The average Bonchev–Trinajstić information content (AvgIpc) is 2.08. The van der Waals surface area contributed by atoms with Crippen molar-refractivity contribution in [2.24, 2.45) is 0 Å². The van der Waals surface area contributed by atoms with Gasteiger partial charge in [0.05, 0.1) is 0 Å². The van der Waals surface area contributed by atoms with Crippen LogP contribution in [0.4, 0.5) is 0 Å². The molecule has 0 fully saturated rings. The predicted molar refractivity (Wildman–Crippen MR) is 62.9 cm³/mol. The van der Waals surface area contributed by atoms with Crippen LogP contribution in [0.1, 0.15) is 11.1 Å². The zero-order valence-corrected chi connectivity index (χ0v) is 9.62. The van der Waals surface area contributed by atoms with Crippen LogP contribution in [0.25, 0.3) is 0 Å². The van der Waals surface area contributed by atoms with Gasteiger partial charge in [-0.2, -0.15) is 0 Å². The second kappa shape index (κ2) is 5.40. The summed E-state index contributed by atoms with van der Waals surface area (Å²) in [5.74, 6) is 0. The van der Waals surface area contributed by atoms with Crippen molar-refractivity contribution < 1.29 is 0 Å². The molecule has 0 bridgehead atoms. The first-order valence-electron chi connectivity index (χ1n) is 4.38. The van der Waals surface area contributed by atoms with E-state index in [1.165, 1.54) is 11.1 Å². The third-order valence-electron chi connectivity index (χ3n) is 1.94. The molecule has 76 valence electrons. The molecule has 0 aromatic heterocycles. The van der Waals surface area contributed by atoms with Crippen LogP contribution in [0.15, 0.2) is 29.8 Å². The maximum absolute atomic E-state index is 5.85. The van der Waals surface area contributed by atoms with Crippen LogP contribution >= 0.6 is 23.2 Å². The van der Waals surface area contributed by atoms with Crippen molar-refractivity contribution in [1.29, 1.82) is 0 Å². The molecule has 0 aliphatic rings. The molecule has 0 aliphatic carbocycles. The van der Waals surface area contributed by atoms with Gasteiger partial charge in [-0.15, -0.1) is 0 Å². The van der Waals surface area contributed by atoms with Crippen molar-refractivity contribution in [3.8, 4) is 0 Å². The minimum atomic E-state index is 0.622. The lowest BCUT2D eigenvalue weighted by Gasteiger charge is -2.07. The molecule has 1 aromatic carbocycles. The highest BCUT2D eigenvalue weighted by molar-refractivity contribution is 6.30. The van der Waals surface area contributed by atoms with Crippen LogP contribution in [0.2, 0.25) is 5.02 Å². The van der Waals surface area contributed by atoms with Gasteiger partial charge in [0.1, 0.15) is 0 Å². The smallest absolute Gasteiger partial charge is 0.0408 e. The second-order valence-electron chi connectivity index (χ2n) is 3.19. The van der Waals surface area contributed by atoms with E-state index in [-0.39, 0.29) is 0 Å². The van der Waals surface area contributed by atoms with E-state index in [0.29, 0.717) is 11.6 Å². The minimum Gasteiger partial charge on any atom is -0.308 e. The first-order chi connectivity index (χ1) is 6.59. The Bertz CT molecular complexity index is 334. The Labute approximate surface area is 94.7 Å². The molecular formula is C11H13Cl2N. The Morgan fingerprint density at radius 1 is 1.50 bits per heavy atom. The fraction of sp³-hybridized carbons (Fsp3) is 0.273. The highest BCUT2D eigenvalue weighted by atomic mass is 35.5. The molecule has 1 nitrogen and oxygen atoms in total. The Balaban J connectivity index is 2.55. The van der Waals surface area contributed by atoms with E-state index in [0.717, 1.165) is 11.6 Å². The van der Waals surface area contributed by atoms with Crippen molar-refractivity contribution in [2.45, 2.75) is 13.5 Å². The SMILES string of the molecule is C=C(Cl)CNCc1ccc(Cl)cc1C. The Kier molecular flexibility index (Phi) is 4.46. The lowest BCUT2D eigenvalue weighted by atomic mass is 10.1. The van der Waals surface area contributed by atoms with Crippen molar-refractivity contribution in [1.82, 2.24) is 5.32 Å². The van der Waals surface area contributed by atoms with Gasteiger partial charge in [-0.3, -0.25) is 0 Å². The van der Waals surface area contributed by atoms with Crippen LogP contribution < -0.4 is 5.32 Å². The number of aryl methyl sites for hydroxylation is 1. The van der Waals surface area contributed by atoms with Gasteiger partial charge in [0.25, 0.3) is 0 Å². The zero-order valence-electron chi connectivity index (χ0n) is 8.11. The highest BCUT2D eigenvalue weighted by Gasteiger charge is 1.98. The van der Waals surface area contributed by atoms with Crippen molar-refractivity contribution in [3.63, 3.8) is 0 Å². The summed E-state index contributed by atoms with van der Waals surface area (Å²) in [6.45, 7) is 7.06. The Hall–Kier alpha value is -0.500. The molecular weight excluding hydrogens is 217 g/mol. The first kappa shape index (κ1) is 11.6. The van der Waals surface area contributed by atoms with E-state index in [1.807, 2.05) is 25.1 Å². The molecule has 14 heavy (non-hydrogen) atoms. The van der Waals surface area contributed by atoms with Crippen LogP contribution in [0, 0.1) is 6.92 Å². The summed E-state index contributed by atoms with van der Waals surface area (Å²) in [5, 5.41) is 4.58. The molecule has 0 radical (unpaired) electrons. The number of rotatable bonds is 4. The maximum Gasteiger partial charge on any atom is 0.0408 e. The molecule has 0 saturated heterocycles. The summed E-state index contributed by atoms with van der Waals surface area (Å²) in [5.41, 5.74) is 2.41. The molecule has 0 unspecified atom stereocenters. The van der Waals surface area contributed by atoms with E-state index in [2.05, 4.69) is 11.9 Å². The largest absolute Gasteiger partial charge is 0.308 e. The highest BCUT2D eigenvalue weighted by Crippen LogP contribution is 2.14. The Morgan fingerprint density at radius 2 is 2.21 bits per heavy atom. The average molecular weight is 230 g/mol. The van der Waals surface area contributed by atoms with Gasteiger partial charge in [0.15, 0.2) is 0 Å². The topological polar surface area (TPSA) is 12.0 Å². The quantitative estimate of drug-likeness (QED) is 0.834. The summed E-state index contributed by atoms with van der Waals surface area (Å²) >= 11 is 11.5. The summed E-state index contributed by atoms with van der Waals surface area (Å²) in [6.07, 6.45) is 0. The maximum atomic E-state index is 5.85. The van der Waals surface area contributed by atoms with Crippen molar-refractivity contribution in [2.75, 3.05) is 6.54 Å². The third kappa shape index (κ3) is 3.70. The molecule has 0 heterocycles. The molecule has 0 amide bonds. The van der Waals surface area contributed by atoms with Gasteiger partial charge < -0.3 is 5.32 Å². The van der Waals surface area contributed by atoms with Gasteiger partial charge in [-0.25, -0.2) is 0 Å². The molecule has 0 aliphatic heterocycles. The molecule has 1 rings (SSSR count). The van der Waals surface area contributed by atoms with Gasteiger partial charge in [0.2, 0.25) is 0 Å². The van der Waals surface area contributed by atoms with E-state index < -0.39 is 0 Å². The predicted octanol–water partition coefficient (Wildman–Crippen LogP) is 3.49. The van der Waals surface area contributed by atoms with Crippen LogP contribution in [0.3, 0.4) is 0 Å². The molecule has 0 saturated carbocycles. The van der Waals surface area contributed by atoms with Gasteiger partial charge in [-0.05, 0) is 30.2 Å². The van der Waals surface area contributed by atoms with Crippen LogP contribution in [0.5, 0.6) is 0 Å². The lowest BCUT2D eigenvalue weighted by molar-refractivity contribution is 0.751. The summed E-state index contributed by atoms with van der Waals surface area (Å²) in [7, 11) is 0. The molecule has 1 N–H and O–H groups in total. The van der Waals surface area contributed by atoms with Gasteiger partial charge in [0, 0.05) is 23.1 Å². The normalized spacial score (nSPS) is 10.2. The number of benzene rings is 1. The fourth-order valence-corrected chi connectivity index (χ4v) is 1.51. The molecule has 3 heteroatoms. The number of hydrogen-bond acceptors (Lipinski definition) is 1. The van der Waals surface area contributed by atoms with E-state index in [1.54, 1.807) is 0 Å². The van der Waals surface area contributed by atoms with E-state index in [4.69, 9.17) is 23.2 Å². The summed E-state index contributed by atoms with van der Waals surface area (Å²) in [6, 6.07) is 5.86. The second-order valence-corrected chi connectivity index (χ2v) is 4.16. The summed E-state index contributed by atoms with van der Waals surface area (Å²) < 4.78 is 0. The monoisotopic (exact) mass is 229 g/mol. The molecule has 0 spiro atoms. The standard InChI is InChI=1S/C11H13Cl2N/c1-8-5-11(13)4-3-10(8)7-14-6-9(2)12/h3-5,14H,2,6-7H2,1H3. The number of halogens is 2. The minimum absolute atomic E-state index is 0.622. The Morgan fingerprint density at radius 3 is 2.79 bits per heavy atom. The number of nitrogens with one attached hydrogen (secondary N) is 1. The van der Waals surface area contributed by atoms with Gasteiger partial charge in [-0.1, -0.05) is 35.8 Å². The van der Waals surface area contributed by atoms with E-state index >= 15 is 0 Å². The van der Waals surface area contributed by atoms with Crippen molar-refractivity contribution >= 4 is 23.2 Å². The third-order valence-corrected chi connectivity index (χ3v) is 2.31. The van der Waals surface area contributed by atoms with Crippen LogP contribution in [-0.4, -0.2) is 6.54 Å².